The Morgan fingerprint density at radius 1 is 1.29 bits per heavy atom. The molecule has 0 aliphatic heterocycles. The van der Waals surface area contributed by atoms with Crippen molar-refractivity contribution < 1.29 is 13.5 Å². The van der Waals surface area contributed by atoms with Crippen LogP contribution in [0.5, 0.6) is 5.75 Å². The van der Waals surface area contributed by atoms with E-state index >= 15 is 0 Å². The van der Waals surface area contributed by atoms with Crippen molar-refractivity contribution in [2.24, 2.45) is 4.99 Å². The molecular weight excluding hydrogens is 332 g/mol. The van der Waals surface area contributed by atoms with Gasteiger partial charge in [-0.05, 0) is 46.0 Å². The van der Waals surface area contributed by atoms with E-state index in [1.165, 1.54) is 11.6 Å². The van der Waals surface area contributed by atoms with Crippen molar-refractivity contribution >= 4 is 17.3 Å². The maximum absolute atomic E-state index is 12.2. The maximum atomic E-state index is 12.2. The number of aliphatic imine (C=N–C) groups is 1. The average molecular weight is 353 g/mol. The number of hydrogen-bond acceptors (Lipinski definition) is 3. The van der Waals surface area contributed by atoms with E-state index in [0.717, 1.165) is 12.1 Å². The molecule has 1 atom stereocenters. The average Bonchev–Trinajstić information content (AvgIpc) is 3.09. The number of thiophene rings is 1. The molecule has 0 radical (unpaired) electrons. The first-order chi connectivity index (χ1) is 11.6. The Morgan fingerprint density at radius 2 is 2.12 bits per heavy atom. The highest BCUT2D eigenvalue weighted by Crippen LogP contribution is 2.17. The molecule has 2 rings (SSSR count). The number of alkyl halides is 2. The normalized spacial score (nSPS) is 13.0. The van der Waals surface area contributed by atoms with Crippen molar-refractivity contribution in [2.45, 2.75) is 26.0 Å². The minimum atomic E-state index is -2.82. The largest absolute Gasteiger partial charge is 0.435 e. The maximum Gasteiger partial charge on any atom is 0.387 e. The predicted molar refractivity (Wildman–Crippen MR) is 94.0 cm³/mol. The molecule has 1 aromatic heterocycles. The molecule has 0 aliphatic carbocycles. The van der Waals surface area contributed by atoms with Crippen LogP contribution in [0.15, 0.2) is 46.1 Å². The van der Waals surface area contributed by atoms with Crippen molar-refractivity contribution in [3.8, 4) is 5.75 Å². The van der Waals surface area contributed by atoms with Crippen LogP contribution in [0, 0.1) is 0 Å². The molecule has 0 spiro atoms. The van der Waals surface area contributed by atoms with E-state index in [1.54, 1.807) is 30.5 Å². The summed E-state index contributed by atoms with van der Waals surface area (Å²) in [5.74, 6) is 1.19. The highest BCUT2D eigenvalue weighted by atomic mass is 32.1. The van der Waals surface area contributed by atoms with Gasteiger partial charge in [0.05, 0.1) is 0 Å². The smallest absolute Gasteiger partial charge is 0.387 e. The van der Waals surface area contributed by atoms with Crippen LogP contribution in [0.2, 0.25) is 0 Å². The monoisotopic (exact) mass is 353 g/mol. The lowest BCUT2D eigenvalue weighted by Crippen LogP contribution is -2.38. The van der Waals surface area contributed by atoms with Crippen LogP contribution in [0.3, 0.4) is 0 Å². The zero-order chi connectivity index (χ0) is 17.4. The number of halogens is 2. The minimum Gasteiger partial charge on any atom is -0.435 e. The van der Waals surface area contributed by atoms with Gasteiger partial charge in [-0.2, -0.15) is 20.1 Å². The summed E-state index contributed by atoms with van der Waals surface area (Å²) in [7, 11) is 1.70. The van der Waals surface area contributed by atoms with Crippen molar-refractivity contribution in [3.05, 3.63) is 52.2 Å². The lowest BCUT2D eigenvalue weighted by Gasteiger charge is -2.15. The zero-order valence-corrected chi connectivity index (χ0v) is 14.4. The molecule has 24 heavy (non-hydrogen) atoms. The fourth-order valence-corrected chi connectivity index (χ4v) is 2.94. The Hall–Kier alpha value is -2.15. The molecular formula is C17H21F2N3OS. The molecule has 4 nitrogen and oxygen atoms in total. The molecule has 7 heteroatoms. The summed E-state index contributed by atoms with van der Waals surface area (Å²) in [6, 6.07) is 8.73. The lowest BCUT2D eigenvalue weighted by molar-refractivity contribution is -0.0498. The first-order valence-corrected chi connectivity index (χ1v) is 8.53. The summed E-state index contributed by atoms with van der Waals surface area (Å²) >= 11 is 1.68. The van der Waals surface area contributed by atoms with Crippen LogP contribution in [-0.4, -0.2) is 26.2 Å². The van der Waals surface area contributed by atoms with Gasteiger partial charge in [-0.3, -0.25) is 4.99 Å². The Balaban J connectivity index is 1.83. The van der Waals surface area contributed by atoms with Gasteiger partial charge in [0.2, 0.25) is 0 Å². The number of nitrogens with one attached hydrogen (secondary N) is 2. The lowest BCUT2D eigenvalue weighted by atomic mass is 10.1. The molecule has 1 unspecified atom stereocenters. The van der Waals surface area contributed by atoms with Gasteiger partial charge in [-0.1, -0.05) is 19.1 Å². The Morgan fingerprint density at radius 3 is 2.79 bits per heavy atom. The van der Waals surface area contributed by atoms with Crippen LogP contribution in [0.25, 0.3) is 0 Å². The fraction of sp³-hybridized carbons (Fsp3) is 0.353. The molecule has 0 aliphatic rings. The van der Waals surface area contributed by atoms with Gasteiger partial charge < -0.3 is 15.4 Å². The van der Waals surface area contributed by atoms with E-state index in [1.807, 2.05) is 6.07 Å². The van der Waals surface area contributed by atoms with E-state index in [4.69, 9.17) is 0 Å². The summed E-state index contributed by atoms with van der Waals surface area (Å²) in [5.41, 5.74) is 2.13. The van der Waals surface area contributed by atoms with E-state index in [2.05, 4.69) is 44.1 Å². The number of ether oxygens (including phenoxy) is 1. The van der Waals surface area contributed by atoms with Gasteiger partial charge in [0.15, 0.2) is 5.96 Å². The first kappa shape index (κ1) is 18.2. The van der Waals surface area contributed by atoms with Gasteiger partial charge in [0.1, 0.15) is 5.75 Å². The van der Waals surface area contributed by atoms with Crippen LogP contribution in [0.4, 0.5) is 8.78 Å². The molecule has 0 bridgehead atoms. The van der Waals surface area contributed by atoms with Gasteiger partial charge in [-0.25, -0.2) is 0 Å². The molecule has 0 fully saturated rings. The summed E-state index contributed by atoms with van der Waals surface area (Å²) in [6.45, 7) is 0.548. The highest BCUT2D eigenvalue weighted by molar-refractivity contribution is 7.07. The summed E-state index contributed by atoms with van der Waals surface area (Å²) in [5, 5.41) is 10.6. The molecule has 2 N–H and O–H groups in total. The standard InChI is InChI=1S/C17H21F2N3OS/c1-12(14-6-7-24-11-14)9-21-17(20-2)22-10-13-4-3-5-15(8-13)23-16(18)19/h3-8,11-12,16H,9-10H2,1-2H3,(H2,20,21,22). The molecule has 2 aromatic rings. The highest BCUT2D eigenvalue weighted by Gasteiger charge is 2.08. The Labute approximate surface area is 144 Å². The Kier molecular flexibility index (Phi) is 6.99. The van der Waals surface area contributed by atoms with Gasteiger partial charge >= 0.3 is 6.61 Å². The second-order valence-corrected chi connectivity index (χ2v) is 6.07. The number of hydrogen-bond donors (Lipinski definition) is 2. The third-order valence-corrected chi connectivity index (χ3v) is 4.20. The van der Waals surface area contributed by atoms with Gasteiger partial charge in [0, 0.05) is 20.1 Å². The van der Waals surface area contributed by atoms with Gasteiger partial charge in [-0.15, -0.1) is 0 Å². The molecule has 130 valence electrons. The van der Waals surface area contributed by atoms with Crippen molar-refractivity contribution in [1.29, 1.82) is 0 Å². The molecule has 1 heterocycles. The summed E-state index contributed by atoms with van der Waals surface area (Å²) in [4.78, 5) is 4.17. The van der Waals surface area contributed by atoms with Crippen molar-refractivity contribution in [3.63, 3.8) is 0 Å². The van der Waals surface area contributed by atoms with Crippen molar-refractivity contribution in [1.82, 2.24) is 10.6 Å². The zero-order valence-electron chi connectivity index (χ0n) is 13.6. The fourth-order valence-electron chi connectivity index (χ4n) is 2.16. The second-order valence-electron chi connectivity index (χ2n) is 5.29. The topological polar surface area (TPSA) is 45.7 Å². The predicted octanol–water partition coefficient (Wildman–Crippen LogP) is 3.82. The number of rotatable bonds is 7. The first-order valence-electron chi connectivity index (χ1n) is 7.59. The number of guanidine groups is 1. The van der Waals surface area contributed by atoms with E-state index in [-0.39, 0.29) is 5.75 Å². The van der Waals surface area contributed by atoms with Crippen molar-refractivity contribution in [2.75, 3.05) is 13.6 Å². The van der Waals surface area contributed by atoms with E-state index in [9.17, 15) is 8.78 Å². The van der Waals surface area contributed by atoms with Gasteiger partial charge in [0.25, 0.3) is 0 Å². The second kappa shape index (κ2) is 9.22. The van der Waals surface area contributed by atoms with E-state index in [0.29, 0.717) is 18.4 Å². The Bertz CT molecular complexity index is 647. The summed E-state index contributed by atoms with van der Waals surface area (Å²) < 4.78 is 28.9. The van der Waals surface area contributed by atoms with Crippen LogP contribution in [0.1, 0.15) is 24.0 Å². The number of benzene rings is 1. The van der Waals surface area contributed by atoms with Crippen LogP contribution in [-0.2, 0) is 6.54 Å². The number of nitrogens with zero attached hydrogens (tertiary/aromatic N) is 1. The SMILES string of the molecule is CN=C(NCc1cccc(OC(F)F)c1)NCC(C)c1ccsc1. The van der Waals surface area contributed by atoms with Crippen LogP contribution >= 0.6 is 11.3 Å². The molecule has 0 saturated heterocycles. The molecule has 0 saturated carbocycles. The molecule has 1 aromatic carbocycles. The summed E-state index contributed by atoms with van der Waals surface area (Å²) in [6.07, 6.45) is 0. The molecule has 0 amide bonds. The third-order valence-electron chi connectivity index (χ3n) is 3.50. The van der Waals surface area contributed by atoms with E-state index < -0.39 is 6.61 Å². The quantitative estimate of drug-likeness (QED) is 0.588. The minimum absolute atomic E-state index is 0.151. The van der Waals surface area contributed by atoms with Crippen LogP contribution < -0.4 is 15.4 Å². The third kappa shape index (κ3) is 5.81.